The topological polar surface area (TPSA) is 93.2 Å². The van der Waals surface area contributed by atoms with Crippen LogP contribution in [0.5, 0.6) is 0 Å². The summed E-state index contributed by atoms with van der Waals surface area (Å²) in [6.45, 7) is 11.0. The highest BCUT2D eigenvalue weighted by Gasteiger charge is 2.53. The van der Waals surface area contributed by atoms with Crippen molar-refractivity contribution in [2.24, 2.45) is 11.8 Å². The first-order valence-corrected chi connectivity index (χ1v) is 13.7. The first-order chi connectivity index (χ1) is 18.8. The van der Waals surface area contributed by atoms with Gasteiger partial charge >= 0.3 is 12.2 Å². The quantitative estimate of drug-likeness (QED) is 0.357. The van der Waals surface area contributed by atoms with Gasteiger partial charge in [-0.3, -0.25) is 9.59 Å². The Labute approximate surface area is 243 Å². The Morgan fingerprint density at radius 3 is 1.18 bits per heavy atom. The molecule has 2 atom stereocenters. The van der Waals surface area contributed by atoms with Crippen LogP contribution in [0.15, 0.2) is 59.7 Å². The van der Waals surface area contributed by atoms with E-state index in [0.29, 0.717) is 21.2 Å². The Morgan fingerprint density at radius 1 is 0.600 bits per heavy atom. The summed E-state index contributed by atoms with van der Waals surface area (Å²) in [6.07, 6.45) is -2.89. The zero-order chi connectivity index (χ0) is 29.5. The van der Waals surface area contributed by atoms with Gasteiger partial charge in [-0.15, -0.1) is 0 Å². The standard InChI is InChI=1S/C30H30Cl2N2O6/c1-15(2)17(5)39-29(37)33-25(19-7-11-21(31)12-8-19)23-24(27(33)35)26(20-9-13-22(32)14-10-20)34(28(23)36)30(38)40-18(6)16(3)4/h7-18H,1-6H3. The third-order valence-electron chi connectivity index (χ3n) is 7.06. The number of carbonyl (C=O) groups excluding carboxylic acids is 4. The minimum absolute atomic E-state index is 0.00120. The molecule has 0 radical (unpaired) electrons. The molecule has 0 aromatic heterocycles. The fourth-order valence-corrected chi connectivity index (χ4v) is 4.36. The second-order valence-electron chi connectivity index (χ2n) is 10.4. The van der Waals surface area contributed by atoms with Crippen LogP contribution in [0.3, 0.4) is 0 Å². The molecule has 0 saturated heterocycles. The van der Waals surface area contributed by atoms with E-state index in [1.165, 1.54) is 0 Å². The van der Waals surface area contributed by atoms with E-state index in [9.17, 15) is 19.2 Å². The second kappa shape index (κ2) is 11.5. The third kappa shape index (κ3) is 5.38. The predicted octanol–water partition coefficient (Wildman–Crippen LogP) is 7.16. The van der Waals surface area contributed by atoms with Gasteiger partial charge in [0.2, 0.25) is 0 Å². The predicted molar refractivity (Wildman–Crippen MR) is 152 cm³/mol. The average Bonchev–Trinajstić information content (AvgIpc) is 3.36. The van der Waals surface area contributed by atoms with E-state index in [-0.39, 0.29) is 34.4 Å². The molecule has 0 aliphatic carbocycles. The highest BCUT2D eigenvalue weighted by molar-refractivity contribution is 6.36. The Bertz CT molecular complexity index is 1320. The van der Waals surface area contributed by atoms with Crippen LogP contribution in [-0.2, 0) is 19.1 Å². The van der Waals surface area contributed by atoms with Crippen molar-refractivity contribution < 1.29 is 28.7 Å². The molecule has 2 aromatic carbocycles. The van der Waals surface area contributed by atoms with Crippen LogP contribution in [0, 0.1) is 11.8 Å². The molecule has 0 saturated carbocycles. The maximum Gasteiger partial charge on any atom is 0.421 e. The fraction of sp³-hybridized carbons (Fsp3) is 0.333. The van der Waals surface area contributed by atoms with Crippen LogP contribution in [0.2, 0.25) is 10.0 Å². The van der Waals surface area contributed by atoms with Gasteiger partial charge in [0.1, 0.15) is 12.2 Å². The van der Waals surface area contributed by atoms with Crippen LogP contribution in [0.25, 0.3) is 11.4 Å². The summed E-state index contributed by atoms with van der Waals surface area (Å²) < 4.78 is 11.2. The van der Waals surface area contributed by atoms with Gasteiger partial charge in [0, 0.05) is 10.0 Å². The van der Waals surface area contributed by atoms with E-state index in [1.54, 1.807) is 62.4 Å². The number of hydrogen-bond acceptors (Lipinski definition) is 6. The minimum atomic E-state index is -0.934. The molecular weight excluding hydrogens is 555 g/mol. The second-order valence-corrected chi connectivity index (χ2v) is 11.3. The Kier molecular flexibility index (Phi) is 8.42. The first kappa shape index (κ1) is 29.4. The lowest BCUT2D eigenvalue weighted by molar-refractivity contribution is -0.123. The summed E-state index contributed by atoms with van der Waals surface area (Å²) in [6, 6.07) is 12.7. The monoisotopic (exact) mass is 584 g/mol. The van der Waals surface area contributed by atoms with Gasteiger partial charge < -0.3 is 9.47 Å². The number of halogens is 2. The van der Waals surface area contributed by atoms with Gasteiger partial charge in [0.25, 0.3) is 11.8 Å². The van der Waals surface area contributed by atoms with Gasteiger partial charge in [-0.1, -0.05) is 75.2 Å². The Hall–Kier alpha value is -3.62. The molecular formula is C30H30Cl2N2O6. The first-order valence-electron chi connectivity index (χ1n) is 12.9. The molecule has 0 N–H and O–H groups in total. The van der Waals surface area contributed by atoms with E-state index in [2.05, 4.69) is 0 Å². The Morgan fingerprint density at radius 2 is 0.900 bits per heavy atom. The number of benzene rings is 2. The molecule has 0 spiro atoms. The smallest absolute Gasteiger partial charge is 0.421 e. The lowest BCUT2D eigenvalue weighted by atomic mass is 10.0. The van der Waals surface area contributed by atoms with Crippen LogP contribution >= 0.6 is 23.2 Å². The number of imide groups is 2. The number of fused-ring (bicyclic) bond motifs is 1. The largest absolute Gasteiger partial charge is 0.446 e. The molecule has 0 fully saturated rings. The van der Waals surface area contributed by atoms with Crippen LogP contribution in [0.1, 0.15) is 52.7 Å². The number of carbonyl (C=O) groups is 4. The van der Waals surface area contributed by atoms with Gasteiger partial charge in [-0.2, -0.15) is 0 Å². The molecule has 2 aliphatic heterocycles. The van der Waals surface area contributed by atoms with Crippen LogP contribution in [-0.4, -0.2) is 46.0 Å². The van der Waals surface area contributed by atoms with Crippen molar-refractivity contribution >= 4 is 58.6 Å². The summed E-state index contributed by atoms with van der Waals surface area (Å²) in [5.74, 6) is -1.64. The summed E-state index contributed by atoms with van der Waals surface area (Å²) in [5, 5.41) is 0.842. The van der Waals surface area contributed by atoms with E-state index < -0.39 is 36.2 Å². The molecule has 210 valence electrons. The van der Waals surface area contributed by atoms with Crippen molar-refractivity contribution in [2.75, 3.05) is 0 Å². The molecule has 0 bridgehead atoms. The van der Waals surface area contributed by atoms with E-state index in [1.807, 2.05) is 27.7 Å². The maximum atomic E-state index is 14.1. The van der Waals surface area contributed by atoms with Gasteiger partial charge in [-0.05, 0) is 61.1 Å². The average molecular weight is 585 g/mol. The van der Waals surface area contributed by atoms with Crippen molar-refractivity contribution in [3.63, 3.8) is 0 Å². The molecule has 4 rings (SSSR count). The van der Waals surface area contributed by atoms with Crippen LogP contribution < -0.4 is 0 Å². The molecule has 40 heavy (non-hydrogen) atoms. The maximum absolute atomic E-state index is 14.1. The van der Waals surface area contributed by atoms with Crippen molar-refractivity contribution in [3.8, 4) is 0 Å². The SMILES string of the molecule is CC(C)C(C)OC(=O)N1C(=O)C2=C(c3ccc(Cl)cc3)N(C(=O)OC(C)C(C)C)C(=O)C2=C1c1ccc(Cl)cc1. The summed E-state index contributed by atoms with van der Waals surface area (Å²) >= 11 is 12.2. The lowest BCUT2D eigenvalue weighted by Crippen LogP contribution is -2.39. The van der Waals surface area contributed by atoms with Gasteiger partial charge in [0.05, 0.1) is 22.5 Å². The number of hydrogen-bond donors (Lipinski definition) is 0. The van der Waals surface area contributed by atoms with Crippen molar-refractivity contribution in [1.29, 1.82) is 0 Å². The highest BCUT2D eigenvalue weighted by atomic mass is 35.5. The number of rotatable bonds is 6. The highest BCUT2D eigenvalue weighted by Crippen LogP contribution is 2.47. The molecule has 2 aromatic rings. The van der Waals surface area contributed by atoms with Crippen LogP contribution in [0.4, 0.5) is 9.59 Å². The van der Waals surface area contributed by atoms with E-state index >= 15 is 0 Å². The summed E-state index contributed by atoms with van der Waals surface area (Å²) in [5.41, 5.74) is 0.515. The number of amides is 4. The molecule has 2 unspecified atom stereocenters. The van der Waals surface area contributed by atoms with Crippen molar-refractivity contribution in [3.05, 3.63) is 80.8 Å². The van der Waals surface area contributed by atoms with Gasteiger partial charge in [0.15, 0.2) is 0 Å². The number of nitrogens with zero attached hydrogens (tertiary/aromatic N) is 2. The van der Waals surface area contributed by atoms with Gasteiger partial charge in [-0.25, -0.2) is 19.4 Å². The lowest BCUT2D eigenvalue weighted by Gasteiger charge is -2.26. The molecule has 2 aliphatic rings. The van der Waals surface area contributed by atoms with Crippen molar-refractivity contribution in [1.82, 2.24) is 9.80 Å². The van der Waals surface area contributed by atoms with E-state index in [4.69, 9.17) is 32.7 Å². The molecule has 2 heterocycles. The number of ether oxygens (including phenoxy) is 2. The normalized spacial score (nSPS) is 16.8. The van der Waals surface area contributed by atoms with E-state index in [0.717, 1.165) is 9.80 Å². The Balaban J connectivity index is 1.96. The summed E-state index contributed by atoms with van der Waals surface area (Å²) in [7, 11) is 0. The molecule has 10 heteroatoms. The van der Waals surface area contributed by atoms with Crippen molar-refractivity contribution in [2.45, 2.75) is 53.8 Å². The zero-order valence-electron chi connectivity index (χ0n) is 23.0. The zero-order valence-corrected chi connectivity index (χ0v) is 24.5. The molecule has 8 nitrogen and oxygen atoms in total. The fourth-order valence-electron chi connectivity index (χ4n) is 4.11. The molecule has 4 amide bonds. The third-order valence-corrected chi connectivity index (χ3v) is 7.56. The minimum Gasteiger partial charge on any atom is -0.446 e. The summed E-state index contributed by atoms with van der Waals surface area (Å²) in [4.78, 5) is 56.7.